The maximum absolute atomic E-state index is 12.1. The summed E-state index contributed by atoms with van der Waals surface area (Å²) in [7, 11) is 0. The quantitative estimate of drug-likeness (QED) is 0.731. The molecule has 0 amide bonds. The monoisotopic (exact) mass is 260 g/mol. The molecule has 0 aromatic rings. The molecule has 19 heavy (non-hydrogen) atoms. The third kappa shape index (κ3) is 1.83. The summed E-state index contributed by atoms with van der Waals surface area (Å²) in [6.07, 6.45) is 12.1. The standard InChI is InChI=1S/C16H20O3/c17-16-12-6-7-13(16)11-5-4-10(12)14(11)9-19-15-3-1-2-8-18-15/h4-7,10-15H,1-3,8-9H2. The van der Waals surface area contributed by atoms with E-state index in [1.165, 1.54) is 6.42 Å². The molecular weight excluding hydrogens is 240 g/mol. The molecular formula is C16H20O3. The molecule has 1 aliphatic heterocycles. The fraction of sp³-hybridized carbons (Fsp3) is 0.688. The first-order chi connectivity index (χ1) is 9.34. The molecule has 1 saturated carbocycles. The fourth-order valence-corrected chi connectivity index (χ4v) is 4.14. The molecule has 0 aromatic carbocycles. The number of Topliss-reactive ketones (excluding diaryl/α,β-unsaturated/α-hetero) is 1. The Bertz CT molecular complexity index is 407. The van der Waals surface area contributed by atoms with E-state index in [1.807, 2.05) is 0 Å². The third-order valence-electron chi connectivity index (χ3n) is 5.17. The number of ketones is 1. The van der Waals surface area contributed by atoms with Gasteiger partial charge in [-0.3, -0.25) is 4.79 Å². The summed E-state index contributed by atoms with van der Waals surface area (Å²) in [5.41, 5.74) is 0. The minimum atomic E-state index is -0.0172. The Labute approximate surface area is 113 Å². The van der Waals surface area contributed by atoms with Crippen molar-refractivity contribution in [3.8, 4) is 0 Å². The Morgan fingerprint density at radius 2 is 1.84 bits per heavy atom. The van der Waals surface area contributed by atoms with Gasteiger partial charge in [-0.25, -0.2) is 0 Å². The molecule has 2 fully saturated rings. The van der Waals surface area contributed by atoms with Gasteiger partial charge in [-0.15, -0.1) is 0 Å². The van der Waals surface area contributed by atoms with E-state index >= 15 is 0 Å². The zero-order valence-corrected chi connectivity index (χ0v) is 11.0. The van der Waals surface area contributed by atoms with E-state index in [9.17, 15) is 4.79 Å². The highest BCUT2D eigenvalue weighted by Gasteiger charge is 2.52. The van der Waals surface area contributed by atoms with Crippen LogP contribution in [0.2, 0.25) is 0 Å². The lowest BCUT2D eigenvalue weighted by atomic mass is 9.69. The van der Waals surface area contributed by atoms with Crippen molar-refractivity contribution in [1.29, 1.82) is 0 Å². The number of ether oxygens (including phenoxy) is 2. The molecule has 0 aromatic heterocycles. The molecule has 4 rings (SSSR count). The number of hydrogen-bond acceptors (Lipinski definition) is 3. The van der Waals surface area contributed by atoms with E-state index in [0.29, 0.717) is 23.5 Å². The average molecular weight is 260 g/mol. The second-order valence-electron chi connectivity index (χ2n) is 6.17. The number of carbonyl (C=O) groups excluding carboxylic acids is 1. The number of carbonyl (C=O) groups is 1. The van der Waals surface area contributed by atoms with Gasteiger partial charge in [0.25, 0.3) is 0 Å². The van der Waals surface area contributed by atoms with Gasteiger partial charge in [0.2, 0.25) is 0 Å². The van der Waals surface area contributed by atoms with Crippen LogP contribution in [-0.2, 0) is 14.3 Å². The Hall–Kier alpha value is -0.930. The van der Waals surface area contributed by atoms with E-state index < -0.39 is 0 Å². The van der Waals surface area contributed by atoms with Crippen molar-refractivity contribution >= 4 is 5.78 Å². The van der Waals surface area contributed by atoms with Gasteiger partial charge < -0.3 is 9.47 Å². The molecule has 1 heterocycles. The van der Waals surface area contributed by atoms with Crippen molar-refractivity contribution < 1.29 is 14.3 Å². The zero-order valence-electron chi connectivity index (χ0n) is 11.0. The Kier molecular flexibility index (Phi) is 2.85. The highest BCUT2D eigenvalue weighted by atomic mass is 16.7. The highest BCUT2D eigenvalue weighted by Crippen LogP contribution is 2.50. The van der Waals surface area contributed by atoms with Crippen LogP contribution in [-0.4, -0.2) is 25.3 Å². The van der Waals surface area contributed by atoms with Crippen LogP contribution in [0.3, 0.4) is 0 Å². The lowest BCUT2D eigenvalue weighted by Gasteiger charge is -2.36. The van der Waals surface area contributed by atoms with Crippen LogP contribution in [0, 0.1) is 29.6 Å². The summed E-state index contributed by atoms with van der Waals surface area (Å²) < 4.78 is 11.6. The van der Waals surface area contributed by atoms with Gasteiger partial charge in [0.15, 0.2) is 6.29 Å². The van der Waals surface area contributed by atoms with Crippen LogP contribution in [0.25, 0.3) is 0 Å². The van der Waals surface area contributed by atoms with Gasteiger partial charge >= 0.3 is 0 Å². The highest BCUT2D eigenvalue weighted by molar-refractivity contribution is 5.91. The molecule has 4 bridgehead atoms. The molecule has 3 nitrogen and oxygen atoms in total. The van der Waals surface area contributed by atoms with Gasteiger partial charge in [-0.1, -0.05) is 24.3 Å². The zero-order chi connectivity index (χ0) is 12.8. The maximum Gasteiger partial charge on any atom is 0.157 e. The van der Waals surface area contributed by atoms with Gasteiger partial charge in [-0.2, -0.15) is 0 Å². The SMILES string of the molecule is O=C1C2C=CC1C1C=CC2C1COC1CCCCO1. The van der Waals surface area contributed by atoms with E-state index in [4.69, 9.17) is 9.47 Å². The van der Waals surface area contributed by atoms with Crippen molar-refractivity contribution in [1.82, 2.24) is 0 Å². The molecule has 3 aliphatic carbocycles. The summed E-state index contributed by atoms with van der Waals surface area (Å²) in [6.45, 7) is 1.56. The molecule has 102 valence electrons. The van der Waals surface area contributed by atoms with E-state index in [0.717, 1.165) is 26.1 Å². The topological polar surface area (TPSA) is 35.5 Å². The summed E-state index contributed by atoms with van der Waals surface area (Å²) >= 11 is 0. The third-order valence-corrected chi connectivity index (χ3v) is 5.17. The van der Waals surface area contributed by atoms with Gasteiger partial charge in [0.05, 0.1) is 6.61 Å². The van der Waals surface area contributed by atoms with Crippen LogP contribution in [0.5, 0.6) is 0 Å². The molecule has 3 heteroatoms. The van der Waals surface area contributed by atoms with Crippen molar-refractivity contribution in [3.63, 3.8) is 0 Å². The van der Waals surface area contributed by atoms with Crippen LogP contribution < -0.4 is 0 Å². The van der Waals surface area contributed by atoms with Crippen molar-refractivity contribution in [2.75, 3.05) is 13.2 Å². The first-order valence-corrected chi connectivity index (χ1v) is 7.48. The van der Waals surface area contributed by atoms with E-state index in [-0.39, 0.29) is 18.1 Å². The largest absolute Gasteiger partial charge is 0.353 e. The van der Waals surface area contributed by atoms with Crippen LogP contribution >= 0.6 is 0 Å². The smallest absolute Gasteiger partial charge is 0.157 e. The van der Waals surface area contributed by atoms with Crippen LogP contribution in [0.1, 0.15) is 19.3 Å². The number of fused-ring (bicyclic) bond motifs is 6. The summed E-state index contributed by atoms with van der Waals surface area (Å²) in [5, 5.41) is 0. The fourth-order valence-electron chi connectivity index (χ4n) is 4.14. The molecule has 1 saturated heterocycles. The van der Waals surface area contributed by atoms with Crippen molar-refractivity contribution in [2.24, 2.45) is 29.6 Å². The van der Waals surface area contributed by atoms with Gasteiger partial charge in [0, 0.05) is 18.4 Å². The summed E-state index contributed by atoms with van der Waals surface area (Å²) in [6, 6.07) is 0. The number of hydrogen-bond donors (Lipinski definition) is 0. The average Bonchev–Trinajstić information content (AvgIpc) is 2.90. The van der Waals surface area contributed by atoms with Crippen molar-refractivity contribution in [2.45, 2.75) is 25.6 Å². The lowest BCUT2D eigenvalue weighted by molar-refractivity contribution is -0.175. The summed E-state index contributed by atoms with van der Waals surface area (Å²) in [5.74, 6) is 1.83. The Morgan fingerprint density at radius 3 is 2.47 bits per heavy atom. The first-order valence-electron chi connectivity index (χ1n) is 7.48. The predicted molar refractivity (Wildman–Crippen MR) is 70.3 cm³/mol. The first kappa shape index (κ1) is 11.9. The molecule has 0 N–H and O–H groups in total. The normalized spacial score (nSPS) is 47.1. The molecule has 4 aliphatic rings. The van der Waals surface area contributed by atoms with E-state index in [1.54, 1.807) is 0 Å². The second-order valence-corrected chi connectivity index (χ2v) is 6.17. The van der Waals surface area contributed by atoms with Gasteiger partial charge in [-0.05, 0) is 37.0 Å². The van der Waals surface area contributed by atoms with Crippen LogP contribution in [0.15, 0.2) is 24.3 Å². The molecule has 0 spiro atoms. The second kappa shape index (κ2) is 4.57. The number of rotatable bonds is 3. The maximum atomic E-state index is 12.1. The minimum absolute atomic E-state index is 0.0172. The predicted octanol–water partition coefficient (Wildman–Crippen LogP) is 2.33. The Morgan fingerprint density at radius 1 is 1.11 bits per heavy atom. The van der Waals surface area contributed by atoms with Gasteiger partial charge in [0.1, 0.15) is 5.78 Å². The van der Waals surface area contributed by atoms with E-state index in [2.05, 4.69) is 24.3 Å². The minimum Gasteiger partial charge on any atom is -0.353 e. The molecule has 5 unspecified atom stereocenters. The number of allylic oxidation sites excluding steroid dienone is 4. The lowest BCUT2D eigenvalue weighted by Crippen LogP contribution is -2.41. The molecule has 0 radical (unpaired) electrons. The Balaban J connectivity index is 1.42. The van der Waals surface area contributed by atoms with Crippen LogP contribution in [0.4, 0.5) is 0 Å². The van der Waals surface area contributed by atoms with Crippen molar-refractivity contribution in [3.05, 3.63) is 24.3 Å². The summed E-state index contributed by atoms with van der Waals surface area (Å²) in [4.78, 5) is 12.1. The molecule has 5 atom stereocenters.